The summed E-state index contributed by atoms with van der Waals surface area (Å²) in [4.78, 5) is 12.7. The number of hydrogen-bond acceptors (Lipinski definition) is 5. The lowest BCUT2D eigenvalue weighted by atomic mass is 10.3. The maximum Gasteiger partial charge on any atom is 0.230 e. The molecular weight excluding hydrogens is 234 g/mol. The highest BCUT2D eigenvalue weighted by Crippen LogP contribution is 2.29. The Morgan fingerprint density at radius 3 is 3.00 bits per heavy atom. The van der Waals surface area contributed by atoms with E-state index >= 15 is 0 Å². The highest BCUT2D eigenvalue weighted by atomic mass is 32.2. The standard InChI is InChI=1S/C12H9N3OS/c1-17-12-8(3-2-5-14-12)11-15-9-7-13-6-4-10(9)16-11/h2-7H,1H3. The number of thioether (sulfide) groups is 1. The van der Waals surface area contributed by atoms with Crippen LogP contribution in [-0.2, 0) is 0 Å². The van der Waals surface area contributed by atoms with E-state index in [1.165, 1.54) is 0 Å². The lowest BCUT2D eigenvalue weighted by molar-refractivity contribution is 0.617. The topological polar surface area (TPSA) is 51.8 Å². The van der Waals surface area contributed by atoms with E-state index in [2.05, 4.69) is 15.0 Å². The summed E-state index contributed by atoms with van der Waals surface area (Å²) in [6.45, 7) is 0. The summed E-state index contributed by atoms with van der Waals surface area (Å²) in [6.07, 6.45) is 7.13. The molecular formula is C12H9N3OS. The Labute approximate surface area is 102 Å². The summed E-state index contributed by atoms with van der Waals surface area (Å²) >= 11 is 1.57. The average Bonchev–Trinajstić information content (AvgIpc) is 2.82. The van der Waals surface area contributed by atoms with E-state index < -0.39 is 0 Å². The molecule has 0 saturated carbocycles. The van der Waals surface area contributed by atoms with E-state index in [0.717, 1.165) is 21.7 Å². The Bertz CT molecular complexity index is 632. The fourth-order valence-corrected chi connectivity index (χ4v) is 2.15. The Morgan fingerprint density at radius 2 is 2.18 bits per heavy atom. The van der Waals surface area contributed by atoms with E-state index in [9.17, 15) is 0 Å². The maximum absolute atomic E-state index is 5.69. The molecule has 0 spiro atoms. The molecule has 0 atom stereocenters. The molecule has 84 valence electrons. The van der Waals surface area contributed by atoms with Crippen LogP contribution in [0.25, 0.3) is 22.6 Å². The summed E-state index contributed by atoms with van der Waals surface area (Å²) in [7, 11) is 0. The summed E-state index contributed by atoms with van der Waals surface area (Å²) < 4.78 is 5.69. The Kier molecular flexibility index (Phi) is 2.53. The van der Waals surface area contributed by atoms with Gasteiger partial charge in [-0.05, 0) is 18.4 Å². The molecule has 3 heterocycles. The van der Waals surface area contributed by atoms with Crippen molar-refractivity contribution in [2.75, 3.05) is 6.26 Å². The molecule has 0 amide bonds. The van der Waals surface area contributed by atoms with Crippen LogP contribution in [-0.4, -0.2) is 21.2 Å². The third-order valence-corrected chi connectivity index (χ3v) is 3.10. The van der Waals surface area contributed by atoms with Crippen molar-refractivity contribution >= 4 is 22.9 Å². The van der Waals surface area contributed by atoms with Gasteiger partial charge in [0.1, 0.15) is 10.5 Å². The third kappa shape index (κ3) is 1.78. The van der Waals surface area contributed by atoms with Crippen molar-refractivity contribution in [3.63, 3.8) is 0 Å². The molecule has 0 aliphatic carbocycles. The minimum absolute atomic E-state index is 0.588. The molecule has 0 aromatic carbocycles. The average molecular weight is 243 g/mol. The van der Waals surface area contributed by atoms with Crippen LogP contribution in [0, 0.1) is 0 Å². The Hall–Kier alpha value is -1.88. The Morgan fingerprint density at radius 1 is 1.24 bits per heavy atom. The molecule has 17 heavy (non-hydrogen) atoms. The van der Waals surface area contributed by atoms with Crippen molar-refractivity contribution < 1.29 is 4.42 Å². The van der Waals surface area contributed by atoms with Crippen LogP contribution in [0.3, 0.4) is 0 Å². The minimum Gasteiger partial charge on any atom is -0.436 e. The van der Waals surface area contributed by atoms with Crippen LogP contribution >= 0.6 is 11.8 Å². The number of pyridine rings is 2. The first kappa shape index (κ1) is 10.3. The van der Waals surface area contributed by atoms with Crippen LogP contribution in [0.5, 0.6) is 0 Å². The normalized spacial score (nSPS) is 10.9. The lowest BCUT2D eigenvalue weighted by Crippen LogP contribution is -1.84. The zero-order chi connectivity index (χ0) is 11.7. The molecule has 0 aliphatic rings. The molecule has 3 rings (SSSR count). The molecule has 0 radical (unpaired) electrons. The minimum atomic E-state index is 0.588. The number of hydrogen-bond donors (Lipinski definition) is 0. The SMILES string of the molecule is CSc1ncccc1-c1nc2cnccc2o1. The molecule has 0 N–H and O–H groups in total. The Balaban J connectivity index is 2.20. The first-order valence-corrected chi connectivity index (χ1v) is 6.31. The van der Waals surface area contributed by atoms with Gasteiger partial charge in [-0.2, -0.15) is 0 Å². The van der Waals surface area contributed by atoms with Gasteiger partial charge in [-0.15, -0.1) is 11.8 Å². The van der Waals surface area contributed by atoms with Gasteiger partial charge in [0.2, 0.25) is 5.89 Å². The maximum atomic E-state index is 5.69. The molecule has 5 heteroatoms. The van der Waals surface area contributed by atoms with Gasteiger partial charge in [0, 0.05) is 18.5 Å². The number of fused-ring (bicyclic) bond motifs is 1. The van der Waals surface area contributed by atoms with Crippen molar-refractivity contribution in [3.05, 3.63) is 36.8 Å². The largest absolute Gasteiger partial charge is 0.436 e. The van der Waals surface area contributed by atoms with Crippen molar-refractivity contribution in [2.24, 2.45) is 0 Å². The molecule has 3 aromatic rings. The lowest BCUT2D eigenvalue weighted by Gasteiger charge is -2.00. The molecule has 0 bridgehead atoms. The van der Waals surface area contributed by atoms with Crippen molar-refractivity contribution in [2.45, 2.75) is 5.03 Å². The monoisotopic (exact) mass is 243 g/mol. The van der Waals surface area contributed by atoms with Crippen molar-refractivity contribution in [3.8, 4) is 11.5 Å². The van der Waals surface area contributed by atoms with Crippen LogP contribution in [0.1, 0.15) is 0 Å². The first-order valence-electron chi connectivity index (χ1n) is 5.08. The van der Waals surface area contributed by atoms with E-state index in [1.54, 1.807) is 36.4 Å². The van der Waals surface area contributed by atoms with Gasteiger partial charge in [0.05, 0.1) is 11.8 Å². The van der Waals surface area contributed by atoms with E-state index in [1.807, 2.05) is 18.4 Å². The van der Waals surface area contributed by atoms with Gasteiger partial charge in [0.25, 0.3) is 0 Å². The molecule has 0 fully saturated rings. The van der Waals surface area contributed by atoms with Crippen LogP contribution in [0.2, 0.25) is 0 Å². The van der Waals surface area contributed by atoms with Gasteiger partial charge < -0.3 is 4.42 Å². The fourth-order valence-electron chi connectivity index (χ4n) is 1.61. The highest BCUT2D eigenvalue weighted by molar-refractivity contribution is 7.98. The van der Waals surface area contributed by atoms with Crippen LogP contribution < -0.4 is 0 Å². The second-order valence-electron chi connectivity index (χ2n) is 3.42. The highest BCUT2D eigenvalue weighted by Gasteiger charge is 2.12. The second-order valence-corrected chi connectivity index (χ2v) is 4.22. The number of nitrogens with zero attached hydrogens (tertiary/aromatic N) is 3. The van der Waals surface area contributed by atoms with E-state index in [4.69, 9.17) is 4.42 Å². The second kappa shape index (κ2) is 4.18. The van der Waals surface area contributed by atoms with Gasteiger partial charge in [-0.1, -0.05) is 0 Å². The smallest absolute Gasteiger partial charge is 0.230 e. The number of aromatic nitrogens is 3. The number of rotatable bonds is 2. The van der Waals surface area contributed by atoms with Crippen LogP contribution in [0.4, 0.5) is 0 Å². The quantitative estimate of drug-likeness (QED) is 0.647. The van der Waals surface area contributed by atoms with Crippen molar-refractivity contribution in [1.29, 1.82) is 0 Å². The van der Waals surface area contributed by atoms with Gasteiger partial charge in [-0.3, -0.25) is 4.98 Å². The molecule has 0 unspecified atom stereocenters. The van der Waals surface area contributed by atoms with Gasteiger partial charge in [-0.25, -0.2) is 9.97 Å². The summed E-state index contributed by atoms with van der Waals surface area (Å²) in [5, 5.41) is 0.909. The molecule has 4 nitrogen and oxygen atoms in total. The first-order chi connectivity index (χ1) is 8.38. The summed E-state index contributed by atoms with van der Waals surface area (Å²) in [5.74, 6) is 0.588. The zero-order valence-corrected chi connectivity index (χ0v) is 9.94. The zero-order valence-electron chi connectivity index (χ0n) is 9.12. The van der Waals surface area contributed by atoms with E-state index in [-0.39, 0.29) is 0 Å². The molecule has 3 aromatic heterocycles. The molecule has 0 saturated heterocycles. The van der Waals surface area contributed by atoms with Gasteiger partial charge in [0.15, 0.2) is 5.58 Å². The predicted octanol–water partition coefficient (Wildman–Crippen LogP) is 3.01. The third-order valence-electron chi connectivity index (χ3n) is 2.38. The summed E-state index contributed by atoms with van der Waals surface area (Å²) in [6, 6.07) is 5.64. The summed E-state index contributed by atoms with van der Waals surface area (Å²) in [5.41, 5.74) is 2.42. The molecule has 0 aliphatic heterocycles. The fraction of sp³-hybridized carbons (Fsp3) is 0.0833. The van der Waals surface area contributed by atoms with Crippen molar-refractivity contribution in [1.82, 2.24) is 15.0 Å². The van der Waals surface area contributed by atoms with Crippen LogP contribution in [0.15, 0.2) is 46.2 Å². The van der Waals surface area contributed by atoms with E-state index in [0.29, 0.717) is 5.89 Å². The number of oxazole rings is 1. The predicted molar refractivity (Wildman–Crippen MR) is 66.8 cm³/mol. The van der Waals surface area contributed by atoms with Gasteiger partial charge >= 0.3 is 0 Å².